The Morgan fingerprint density at radius 3 is 2.13 bits per heavy atom. The number of aliphatic carboxylic acids is 1. The summed E-state index contributed by atoms with van der Waals surface area (Å²) in [4.78, 5) is 79.8. The maximum atomic E-state index is 13.5. The van der Waals surface area contributed by atoms with Crippen molar-refractivity contribution in [2.45, 2.75) is 103 Å². The molecule has 2 aliphatic heterocycles. The number of hydrogen-bond donors (Lipinski definition) is 6. The molecule has 0 aliphatic carbocycles. The van der Waals surface area contributed by atoms with Crippen molar-refractivity contribution >= 4 is 35.5 Å². The van der Waals surface area contributed by atoms with Crippen molar-refractivity contribution in [3.63, 3.8) is 0 Å². The molecule has 0 unspecified atom stereocenters. The SMILES string of the molecule is CC[C@H](C)[C@@H]1NC(=O)[C@H](CCCCN)NC(=O)[C@H](C(C)C)NC(=O)[C@@H]2CCCN2C(=O)[C@H](CC(=O)O)NC1=O. The van der Waals surface area contributed by atoms with E-state index in [1.807, 2.05) is 6.92 Å². The fourth-order valence-electron chi connectivity index (χ4n) is 4.90. The fraction of sp³-hybridized carbons (Fsp3) is 0.769. The first-order chi connectivity index (χ1) is 18.4. The maximum Gasteiger partial charge on any atom is 0.305 e. The molecule has 2 aliphatic rings. The van der Waals surface area contributed by atoms with Crippen LogP contribution in [-0.2, 0) is 28.8 Å². The van der Waals surface area contributed by atoms with Crippen molar-refractivity contribution in [1.29, 1.82) is 0 Å². The van der Waals surface area contributed by atoms with Gasteiger partial charge in [-0.15, -0.1) is 0 Å². The molecule has 13 heteroatoms. The first-order valence-electron chi connectivity index (χ1n) is 13.8. The molecule has 6 atom stereocenters. The first kappa shape index (κ1) is 32.0. The highest BCUT2D eigenvalue weighted by molar-refractivity contribution is 5.99. The number of nitrogens with one attached hydrogen (secondary N) is 4. The molecule has 220 valence electrons. The molecular weight excluding hydrogens is 508 g/mol. The summed E-state index contributed by atoms with van der Waals surface area (Å²) < 4.78 is 0. The Morgan fingerprint density at radius 2 is 1.54 bits per heavy atom. The van der Waals surface area contributed by atoms with Crippen LogP contribution in [0.3, 0.4) is 0 Å². The van der Waals surface area contributed by atoms with E-state index in [9.17, 15) is 33.9 Å². The minimum Gasteiger partial charge on any atom is -0.481 e. The molecule has 7 N–H and O–H groups in total. The van der Waals surface area contributed by atoms with E-state index in [0.29, 0.717) is 38.6 Å². The molecular formula is C26H44N6O7. The number of fused-ring (bicyclic) bond motifs is 1. The predicted octanol–water partition coefficient (Wildman–Crippen LogP) is -0.764. The van der Waals surface area contributed by atoms with E-state index in [1.165, 1.54) is 4.90 Å². The van der Waals surface area contributed by atoms with E-state index in [-0.39, 0.29) is 24.8 Å². The van der Waals surface area contributed by atoms with E-state index in [0.717, 1.165) is 0 Å². The number of amides is 5. The molecule has 0 aromatic heterocycles. The van der Waals surface area contributed by atoms with Gasteiger partial charge in [0.05, 0.1) is 6.42 Å². The fourth-order valence-corrected chi connectivity index (χ4v) is 4.90. The summed E-state index contributed by atoms with van der Waals surface area (Å²) in [6.07, 6.45) is 2.07. The standard InChI is InChI=1S/C26H44N6O7/c1-5-15(4)21-25(38)29-17(13-19(33)34)26(39)32-12-8-10-18(32)23(36)30-20(14(2)3)24(37)28-16(22(35)31-21)9-6-7-11-27/h14-18,20-21H,5-13,27H2,1-4H3,(H,28,37)(H,29,38)(H,30,36)(H,31,35)(H,33,34)/t15-,16-,17-,18-,20-,21-/m0/s1. The van der Waals surface area contributed by atoms with Crippen LogP contribution in [0.5, 0.6) is 0 Å². The third kappa shape index (κ3) is 8.64. The van der Waals surface area contributed by atoms with Gasteiger partial charge >= 0.3 is 5.97 Å². The Morgan fingerprint density at radius 1 is 0.923 bits per heavy atom. The summed E-state index contributed by atoms with van der Waals surface area (Å²) in [6.45, 7) is 7.70. The topological polar surface area (TPSA) is 200 Å². The Hall–Kier alpha value is -3.22. The Labute approximate surface area is 229 Å². The molecule has 0 saturated carbocycles. The van der Waals surface area contributed by atoms with Crippen LogP contribution in [0.2, 0.25) is 0 Å². The zero-order chi connectivity index (χ0) is 29.3. The first-order valence-corrected chi connectivity index (χ1v) is 13.8. The van der Waals surface area contributed by atoms with Gasteiger partial charge in [0.2, 0.25) is 29.5 Å². The van der Waals surface area contributed by atoms with Gasteiger partial charge in [-0.05, 0) is 50.5 Å². The summed E-state index contributed by atoms with van der Waals surface area (Å²) in [5.41, 5.74) is 5.61. The lowest BCUT2D eigenvalue weighted by Crippen LogP contribution is -2.59. The summed E-state index contributed by atoms with van der Waals surface area (Å²) in [5.74, 6) is -5.10. The van der Waals surface area contributed by atoms with Crippen LogP contribution < -0.4 is 27.0 Å². The molecule has 39 heavy (non-hydrogen) atoms. The molecule has 13 nitrogen and oxygen atoms in total. The average molecular weight is 553 g/mol. The quantitative estimate of drug-likeness (QED) is 0.200. The lowest BCUT2D eigenvalue weighted by atomic mass is 9.96. The van der Waals surface area contributed by atoms with Gasteiger partial charge in [-0.2, -0.15) is 0 Å². The largest absolute Gasteiger partial charge is 0.481 e. The minimum atomic E-state index is -1.43. The number of carbonyl (C=O) groups is 6. The third-order valence-corrected chi connectivity index (χ3v) is 7.45. The summed E-state index contributed by atoms with van der Waals surface area (Å²) in [6, 6.07) is -5.41. The van der Waals surface area contributed by atoms with Crippen molar-refractivity contribution in [3.05, 3.63) is 0 Å². The number of hydrogen-bond acceptors (Lipinski definition) is 7. The number of carbonyl (C=O) groups excluding carboxylic acids is 5. The summed E-state index contributed by atoms with van der Waals surface area (Å²) >= 11 is 0. The smallest absolute Gasteiger partial charge is 0.305 e. The van der Waals surface area contributed by atoms with Gasteiger partial charge in [-0.3, -0.25) is 28.8 Å². The van der Waals surface area contributed by atoms with Gasteiger partial charge < -0.3 is 37.0 Å². The lowest BCUT2D eigenvalue weighted by molar-refractivity contribution is -0.146. The highest BCUT2D eigenvalue weighted by Crippen LogP contribution is 2.21. The van der Waals surface area contributed by atoms with Crippen LogP contribution in [0.1, 0.15) is 72.6 Å². The zero-order valence-electron chi connectivity index (χ0n) is 23.3. The van der Waals surface area contributed by atoms with Gasteiger partial charge in [0.25, 0.3) is 0 Å². The van der Waals surface area contributed by atoms with Crippen molar-refractivity contribution in [3.8, 4) is 0 Å². The van der Waals surface area contributed by atoms with Gasteiger partial charge in [-0.1, -0.05) is 34.1 Å². The number of nitrogens with two attached hydrogens (primary N) is 1. The highest BCUT2D eigenvalue weighted by atomic mass is 16.4. The van der Waals surface area contributed by atoms with Crippen molar-refractivity contribution in [2.24, 2.45) is 17.6 Å². The second-order valence-electron chi connectivity index (χ2n) is 10.8. The number of carboxylic acid groups (broad SMARTS) is 1. The predicted molar refractivity (Wildman–Crippen MR) is 142 cm³/mol. The second kappa shape index (κ2) is 14.8. The molecule has 0 spiro atoms. The van der Waals surface area contributed by atoms with Crippen molar-refractivity contribution < 1.29 is 33.9 Å². The Bertz CT molecular complexity index is 926. The van der Waals surface area contributed by atoms with Crippen LogP contribution >= 0.6 is 0 Å². The minimum absolute atomic E-state index is 0.205. The van der Waals surface area contributed by atoms with Crippen molar-refractivity contribution in [2.75, 3.05) is 13.1 Å². The maximum absolute atomic E-state index is 13.5. The molecule has 2 saturated heterocycles. The summed E-state index contributed by atoms with van der Waals surface area (Å²) in [5, 5.41) is 20.2. The summed E-state index contributed by atoms with van der Waals surface area (Å²) in [7, 11) is 0. The monoisotopic (exact) mass is 552 g/mol. The average Bonchev–Trinajstić information content (AvgIpc) is 3.37. The van der Waals surface area contributed by atoms with E-state index in [4.69, 9.17) is 5.73 Å². The number of unbranched alkanes of at least 4 members (excludes halogenated alkanes) is 1. The third-order valence-electron chi connectivity index (χ3n) is 7.45. The van der Waals surface area contributed by atoms with Crippen molar-refractivity contribution in [1.82, 2.24) is 26.2 Å². The normalized spacial score (nSPS) is 28.0. The van der Waals surface area contributed by atoms with Crippen LogP contribution in [0, 0.1) is 11.8 Å². The molecule has 2 rings (SSSR count). The highest BCUT2D eigenvalue weighted by Gasteiger charge is 2.41. The van der Waals surface area contributed by atoms with Crippen LogP contribution in [0.25, 0.3) is 0 Å². The van der Waals surface area contributed by atoms with Gasteiger partial charge in [0, 0.05) is 6.54 Å². The van der Waals surface area contributed by atoms with E-state index < -0.39 is 72.1 Å². The number of carboxylic acids is 1. The molecule has 5 amide bonds. The molecule has 2 fully saturated rings. The van der Waals surface area contributed by atoms with Crippen LogP contribution in [-0.4, -0.2) is 88.8 Å². The van der Waals surface area contributed by atoms with Crippen LogP contribution in [0.4, 0.5) is 0 Å². The Kier molecular flexibility index (Phi) is 12.1. The lowest BCUT2D eigenvalue weighted by Gasteiger charge is -2.30. The molecule has 0 aromatic carbocycles. The van der Waals surface area contributed by atoms with E-state index in [1.54, 1.807) is 20.8 Å². The molecule has 2 heterocycles. The van der Waals surface area contributed by atoms with Gasteiger partial charge in [0.15, 0.2) is 0 Å². The van der Waals surface area contributed by atoms with Gasteiger partial charge in [0.1, 0.15) is 30.2 Å². The molecule has 0 bridgehead atoms. The van der Waals surface area contributed by atoms with E-state index >= 15 is 0 Å². The number of rotatable bonds is 9. The Balaban J connectivity index is 2.54. The van der Waals surface area contributed by atoms with Crippen LogP contribution in [0.15, 0.2) is 0 Å². The second-order valence-corrected chi connectivity index (χ2v) is 10.8. The van der Waals surface area contributed by atoms with Gasteiger partial charge in [-0.25, -0.2) is 0 Å². The van der Waals surface area contributed by atoms with E-state index in [2.05, 4.69) is 21.3 Å². The molecule has 0 radical (unpaired) electrons. The molecule has 0 aromatic rings. The zero-order valence-corrected chi connectivity index (χ0v) is 23.3. The number of nitrogens with zero attached hydrogens (tertiary/aromatic N) is 1.